The number of aliphatic hydroxyl groups excluding tert-OH is 1. The van der Waals surface area contributed by atoms with Crippen molar-refractivity contribution in [1.29, 1.82) is 10.5 Å². The summed E-state index contributed by atoms with van der Waals surface area (Å²) in [5, 5.41) is 32.5. The third-order valence-corrected chi connectivity index (χ3v) is 2.11. The molecule has 0 fully saturated rings. The molecule has 1 aromatic rings. The van der Waals surface area contributed by atoms with E-state index in [9.17, 15) is 18.0 Å². The van der Waals surface area contributed by atoms with Crippen LogP contribution in [0.2, 0.25) is 0 Å². The van der Waals surface area contributed by atoms with Crippen molar-refractivity contribution in [3.63, 3.8) is 0 Å². The summed E-state index contributed by atoms with van der Waals surface area (Å²) < 4.78 is 37.0. The molecule has 0 aromatic heterocycles. The van der Waals surface area contributed by atoms with Crippen LogP contribution in [0.4, 0.5) is 18.9 Å². The smallest absolute Gasteiger partial charge is 0.416 e. The molecule has 0 aliphatic carbocycles. The van der Waals surface area contributed by atoms with Gasteiger partial charge in [-0.1, -0.05) is 0 Å². The maximum Gasteiger partial charge on any atom is 0.416 e. The summed E-state index contributed by atoms with van der Waals surface area (Å²) in [6, 6.07) is 5.78. The molecular weight excluding hydrogens is 289 g/mol. The standard InChI is InChI=1S/C12H5F3N4O2/c13-12(14,15)7-1-3-8(4-2-7)18-19-11(9(20)5-16)10(21)6-17/h1-4,20H/b11-9-,19-18?. The molecule has 0 aliphatic heterocycles. The van der Waals surface area contributed by atoms with Crippen LogP contribution in [0.3, 0.4) is 0 Å². The van der Waals surface area contributed by atoms with Gasteiger partial charge in [0.1, 0.15) is 12.1 Å². The van der Waals surface area contributed by atoms with Crippen molar-refractivity contribution in [2.75, 3.05) is 0 Å². The number of hydrogen-bond acceptors (Lipinski definition) is 6. The Morgan fingerprint density at radius 1 is 1.14 bits per heavy atom. The highest BCUT2D eigenvalue weighted by Crippen LogP contribution is 2.30. The second-order valence-corrected chi connectivity index (χ2v) is 3.49. The fourth-order valence-electron chi connectivity index (χ4n) is 1.13. The molecule has 0 unspecified atom stereocenters. The average molecular weight is 294 g/mol. The summed E-state index contributed by atoms with van der Waals surface area (Å²) >= 11 is 0. The number of alkyl halides is 3. The van der Waals surface area contributed by atoms with Gasteiger partial charge in [0.15, 0.2) is 5.70 Å². The first kappa shape index (κ1) is 15.9. The Kier molecular flexibility index (Phi) is 4.76. The fourth-order valence-corrected chi connectivity index (χ4v) is 1.13. The maximum absolute atomic E-state index is 12.3. The molecular formula is C12H5F3N4O2. The Morgan fingerprint density at radius 3 is 2.14 bits per heavy atom. The Labute approximate surface area is 116 Å². The number of nitriles is 2. The topological polar surface area (TPSA) is 110 Å². The highest BCUT2D eigenvalue weighted by Gasteiger charge is 2.29. The van der Waals surface area contributed by atoms with E-state index in [0.717, 1.165) is 30.3 Å². The second-order valence-electron chi connectivity index (χ2n) is 3.49. The first-order valence-electron chi connectivity index (χ1n) is 5.16. The number of carbonyl (C=O) groups is 1. The first-order valence-corrected chi connectivity index (χ1v) is 5.16. The van der Waals surface area contributed by atoms with Crippen LogP contribution in [-0.4, -0.2) is 10.9 Å². The van der Waals surface area contributed by atoms with E-state index in [0.29, 0.717) is 0 Å². The minimum absolute atomic E-state index is 0.0584. The van der Waals surface area contributed by atoms with Gasteiger partial charge < -0.3 is 5.11 Å². The van der Waals surface area contributed by atoms with Crippen molar-refractivity contribution in [1.82, 2.24) is 0 Å². The molecule has 0 saturated carbocycles. The molecule has 0 amide bonds. The summed E-state index contributed by atoms with van der Waals surface area (Å²) in [7, 11) is 0. The second kappa shape index (κ2) is 6.30. The number of aliphatic hydroxyl groups is 1. The van der Waals surface area contributed by atoms with Gasteiger partial charge in [0, 0.05) is 0 Å². The zero-order valence-corrected chi connectivity index (χ0v) is 10.1. The van der Waals surface area contributed by atoms with E-state index in [4.69, 9.17) is 15.6 Å². The molecule has 106 valence electrons. The predicted octanol–water partition coefficient (Wildman–Crippen LogP) is 3.17. The third kappa shape index (κ3) is 4.14. The van der Waals surface area contributed by atoms with Crippen LogP contribution in [0.15, 0.2) is 46.0 Å². The van der Waals surface area contributed by atoms with Crippen molar-refractivity contribution in [2.45, 2.75) is 6.18 Å². The van der Waals surface area contributed by atoms with E-state index in [1.54, 1.807) is 0 Å². The quantitative estimate of drug-likeness (QED) is 0.230. The minimum atomic E-state index is -4.50. The number of nitrogens with zero attached hydrogens (tertiary/aromatic N) is 4. The lowest BCUT2D eigenvalue weighted by atomic mass is 10.2. The van der Waals surface area contributed by atoms with Gasteiger partial charge in [0.05, 0.1) is 11.3 Å². The van der Waals surface area contributed by atoms with E-state index < -0.39 is 29.0 Å². The molecule has 0 aliphatic rings. The Morgan fingerprint density at radius 2 is 1.71 bits per heavy atom. The number of allylic oxidation sites excluding steroid dienone is 2. The molecule has 0 radical (unpaired) electrons. The van der Waals surface area contributed by atoms with Gasteiger partial charge in [-0.3, -0.25) is 4.79 Å². The molecule has 1 aromatic carbocycles. The number of Topliss-reactive ketones (excluding diaryl/α,β-unsaturated/α-hetero) is 1. The lowest BCUT2D eigenvalue weighted by Gasteiger charge is -2.05. The number of benzene rings is 1. The van der Waals surface area contributed by atoms with Crippen molar-refractivity contribution in [3.05, 3.63) is 41.3 Å². The van der Waals surface area contributed by atoms with E-state index in [1.165, 1.54) is 6.07 Å². The molecule has 1 N–H and O–H groups in total. The van der Waals surface area contributed by atoms with Crippen LogP contribution in [-0.2, 0) is 11.0 Å². The maximum atomic E-state index is 12.3. The summed E-state index contributed by atoms with van der Waals surface area (Å²) in [6.07, 6.45) is -4.50. The minimum Gasteiger partial charge on any atom is -0.498 e. The van der Waals surface area contributed by atoms with Crippen LogP contribution < -0.4 is 0 Å². The van der Waals surface area contributed by atoms with Gasteiger partial charge in [0.2, 0.25) is 5.76 Å². The molecule has 1 rings (SSSR count). The molecule has 0 atom stereocenters. The summed E-state index contributed by atoms with van der Waals surface area (Å²) in [4.78, 5) is 11.1. The largest absolute Gasteiger partial charge is 0.498 e. The molecule has 6 nitrogen and oxygen atoms in total. The Balaban J connectivity index is 3.08. The van der Waals surface area contributed by atoms with Gasteiger partial charge in [-0.2, -0.15) is 28.8 Å². The van der Waals surface area contributed by atoms with Gasteiger partial charge in [-0.05, 0) is 24.3 Å². The van der Waals surface area contributed by atoms with Gasteiger partial charge in [-0.25, -0.2) is 0 Å². The van der Waals surface area contributed by atoms with Gasteiger partial charge in [-0.15, -0.1) is 5.11 Å². The third-order valence-electron chi connectivity index (χ3n) is 2.11. The lowest BCUT2D eigenvalue weighted by Crippen LogP contribution is -2.03. The van der Waals surface area contributed by atoms with Crippen LogP contribution in [0.25, 0.3) is 0 Å². The van der Waals surface area contributed by atoms with Gasteiger partial charge >= 0.3 is 6.18 Å². The zero-order valence-electron chi connectivity index (χ0n) is 10.1. The van der Waals surface area contributed by atoms with E-state index in [2.05, 4.69) is 10.2 Å². The van der Waals surface area contributed by atoms with Crippen LogP contribution in [0.5, 0.6) is 0 Å². The van der Waals surface area contributed by atoms with Crippen molar-refractivity contribution >= 4 is 11.5 Å². The predicted molar refractivity (Wildman–Crippen MR) is 61.8 cm³/mol. The zero-order chi connectivity index (χ0) is 16.0. The normalized spacial score (nSPS) is 12.4. The SMILES string of the molecule is N#CC(=O)/C(N=Nc1ccc(C(F)(F)F)cc1)=C(/O)C#N. The van der Waals surface area contributed by atoms with Crippen LogP contribution >= 0.6 is 0 Å². The van der Waals surface area contributed by atoms with E-state index in [1.807, 2.05) is 0 Å². The molecule has 0 spiro atoms. The number of carbonyl (C=O) groups excluding carboxylic acids is 1. The number of hydrogen-bond donors (Lipinski definition) is 1. The number of azo groups is 1. The molecule has 0 saturated heterocycles. The Bertz CT molecular complexity index is 691. The highest BCUT2D eigenvalue weighted by molar-refractivity contribution is 6.07. The molecule has 0 heterocycles. The first-order chi connectivity index (χ1) is 9.79. The summed E-state index contributed by atoms with van der Waals surface area (Å²) in [5.74, 6) is -2.41. The molecule has 9 heteroatoms. The monoisotopic (exact) mass is 294 g/mol. The highest BCUT2D eigenvalue weighted by atomic mass is 19.4. The summed E-state index contributed by atoms with van der Waals surface area (Å²) in [5.41, 5.74) is -1.85. The van der Waals surface area contributed by atoms with Crippen LogP contribution in [0.1, 0.15) is 5.56 Å². The lowest BCUT2D eigenvalue weighted by molar-refractivity contribution is -0.137. The van der Waals surface area contributed by atoms with E-state index in [-0.39, 0.29) is 5.69 Å². The summed E-state index contributed by atoms with van der Waals surface area (Å²) in [6.45, 7) is 0. The number of halogens is 3. The van der Waals surface area contributed by atoms with Crippen LogP contribution in [0, 0.1) is 22.7 Å². The average Bonchev–Trinajstić information content (AvgIpc) is 2.46. The fraction of sp³-hybridized carbons (Fsp3) is 0.0833. The Hall–Kier alpha value is -3.20. The molecule has 21 heavy (non-hydrogen) atoms. The van der Waals surface area contributed by atoms with Crippen molar-refractivity contribution in [3.8, 4) is 12.1 Å². The van der Waals surface area contributed by atoms with Crippen molar-refractivity contribution < 1.29 is 23.1 Å². The van der Waals surface area contributed by atoms with Gasteiger partial charge in [0.25, 0.3) is 5.78 Å². The molecule has 0 bridgehead atoms. The van der Waals surface area contributed by atoms with Crippen molar-refractivity contribution in [2.24, 2.45) is 10.2 Å². The van der Waals surface area contributed by atoms with E-state index >= 15 is 0 Å². The number of ketones is 1. The number of rotatable bonds is 3.